The highest BCUT2D eigenvalue weighted by atomic mass is 35.5. The quantitative estimate of drug-likeness (QED) is 0.196. The first kappa shape index (κ1) is 21.5. The molecule has 1 aliphatic rings. The summed E-state index contributed by atoms with van der Waals surface area (Å²) in [6, 6.07) is 18.3. The number of halogens is 2. The fourth-order valence-electron chi connectivity index (χ4n) is 2.91. The molecule has 160 valence electrons. The number of ether oxygens (including phenoxy) is 2. The molecule has 3 aromatic rings. The highest BCUT2D eigenvalue weighted by molar-refractivity contribution is 6.34. The Labute approximate surface area is 192 Å². The number of hydrogen-bond acceptors (Lipinski definition) is 6. The van der Waals surface area contributed by atoms with Crippen molar-refractivity contribution in [3.8, 4) is 5.75 Å². The smallest absolute Gasteiger partial charge is 0.363 e. The predicted molar refractivity (Wildman–Crippen MR) is 121 cm³/mol. The molecule has 0 saturated carbocycles. The van der Waals surface area contributed by atoms with E-state index in [1.54, 1.807) is 36.4 Å². The molecule has 0 unspecified atom stereocenters. The SMILES string of the molecule is O=C1OC(c2cc([N+](=O)[O-])ccc2Cl)=N/C1=C\c1cccc(OCc2ccc(Cl)cc2)c1. The maximum atomic E-state index is 12.3. The van der Waals surface area contributed by atoms with Crippen LogP contribution in [0.4, 0.5) is 5.69 Å². The fourth-order valence-corrected chi connectivity index (χ4v) is 3.24. The summed E-state index contributed by atoms with van der Waals surface area (Å²) in [5.74, 6) is -0.174. The molecule has 0 amide bonds. The van der Waals surface area contributed by atoms with Crippen molar-refractivity contribution in [3.63, 3.8) is 0 Å². The lowest BCUT2D eigenvalue weighted by molar-refractivity contribution is -0.384. The standard InChI is InChI=1S/C23H14Cl2N2O5/c24-16-6-4-14(5-7-16)13-31-18-3-1-2-15(10-18)11-21-23(28)32-22(26-21)19-12-17(27(29)30)8-9-20(19)25/h1-12H,13H2/b21-11-. The van der Waals surface area contributed by atoms with Gasteiger partial charge in [-0.1, -0.05) is 47.5 Å². The van der Waals surface area contributed by atoms with Gasteiger partial charge in [0.2, 0.25) is 5.90 Å². The number of esters is 1. The van der Waals surface area contributed by atoms with Crippen molar-refractivity contribution in [2.24, 2.45) is 4.99 Å². The third kappa shape index (κ3) is 4.96. The molecule has 0 radical (unpaired) electrons. The molecule has 1 heterocycles. The van der Waals surface area contributed by atoms with E-state index in [9.17, 15) is 14.9 Å². The van der Waals surface area contributed by atoms with Gasteiger partial charge < -0.3 is 9.47 Å². The Morgan fingerprint density at radius 1 is 1.06 bits per heavy atom. The number of carbonyl (C=O) groups is 1. The lowest BCUT2D eigenvalue weighted by Crippen LogP contribution is -2.06. The average Bonchev–Trinajstić information content (AvgIpc) is 3.13. The van der Waals surface area contributed by atoms with E-state index in [1.807, 2.05) is 12.1 Å². The van der Waals surface area contributed by atoms with Gasteiger partial charge in [0, 0.05) is 17.2 Å². The molecule has 0 N–H and O–H groups in total. The van der Waals surface area contributed by atoms with Gasteiger partial charge in [-0.25, -0.2) is 9.79 Å². The number of nitro benzene ring substituents is 1. The summed E-state index contributed by atoms with van der Waals surface area (Å²) in [5, 5.41) is 11.9. The van der Waals surface area contributed by atoms with Gasteiger partial charge >= 0.3 is 5.97 Å². The highest BCUT2D eigenvalue weighted by Gasteiger charge is 2.27. The highest BCUT2D eigenvalue weighted by Crippen LogP contribution is 2.27. The van der Waals surface area contributed by atoms with Crippen LogP contribution in [0.25, 0.3) is 6.08 Å². The molecule has 7 nitrogen and oxygen atoms in total. The summed E-state index contributed by atoms with van der Waals surface area (Å²) in [4.78, 5) is 26.9. The van der Waals surface area contributed by atoms with E-state index >= 15 is 0 Å². The third-order valence-corrected chi connectivity index (χ3v) is 5.07. The Morgan fingerprint density at radius 2 is 1.84 bits per heavy atom. The van der Waals surface area contributed by atoms with Crippen LogP contribution in [0.3, 0.4) is 0 Å². The van der Waals surface area contributed by atoms with E-state index in [-0.39, 0.29) is 27.9 Å². The Balaban J connectivity index is 1.55. The molecule has 32 heavy (non-hydrogen) atoms. The Hall–Kier alpha value is -3.68. The fraction of sp³-hybridized carbons (Fsp3) is 0.0435. The number of benzene rings is 3. The Kier molecular flexibility index (Phi) is 6.20. The maximum Gasteiger partial charge on any atom is 0.363 e. The molecule has 0 aromatic heterocycles. The van der Waals surface area contributed by atoms with E-state index in [0.717, 1.165) is 5.56 Å². The van der Waals surface area contributed by atoms with Crippen molar-refractivity contribution in [3.05, 3.63) is 109 Å². The van der Waals surface area contributed by atoms with Crippen molar-refractivity contribution in [2.75, 3.05) is 0 Å². The van der Waals surface area contributed by atoms with Crippen LogP contribution in [0.5, 0.6) is 5.75 Å². The van der Waals surface area contributed by atoms with Crippen molar-refractivity contribution >= 4 is 46.8 Å². The molecule has 4 rings (SSSR count). The first-order valence-electron chi connectivity index (χ1n) is 9.33. The molecule has 9 heteroatoms. The molecule has 0 fully saturated rings. The number of aliphatic imine (C=N–C) groups is 1. The predicted octanol–water partition coefficient (Wildman–Crippen LogP) is 5.83. The summed E-state index contributed by atoms with van der Waals surface area (Å²) in [7, 11) is 0. The van der Waals surface area contributed by atoms with Crippen LogP contribution in [-0.4, -0.2) is 16.8 Å². The number of nitro groups is 1. The molecular formula is C23H14Cl2N2O5. The lowest BCUT2D eigenvalue weighted by atomic mass is 10.2. The number of carbonyl (C=O) groups excluding carboxylic acids is 1. The lowest BCUT2D eigenvalue weighted by Gasteiger charge is -2.07. The van der Waals surface area contributed by atoms with Crippen molar-refractivity contribution in [1.82, 2.24) is 0 Å². The van der Waals surface area contributed by atoms with Crippen LogP contribution in [0.2, 0.25) is 10.0 Å². The zero-order valence-corrected chi connectivity index (χ0v) is 17.8. The molecule has 1 aliphatic heterocycles. The third-order valence-electron chi connectivity index (χ3n) is 4.49. The van der Waals surface area contributed by atoms with Crippen LogP contribution in [0.1, 0.15) is 16.7 Å². The summed E-state index contributed by atoms with van der Waals surface area (Å²) in [6.45, 7) is 0.354. The van der Waals surface area contributed by atoms with Crippen LogP contribution in [0, 0.1) is 10.1 Å². The Morgan fingerprint density at radius 3 is 2.59 bits per heavy atom. The van der Waals surface area contributed by atoms with Crippen LogP contribution < -0.4 is 4.74 Å². The van der Waals surface area contributed by atoms with E-state index in [1.165, 1.54) is 24.3 Å². The van der Waals surface area contributed by atoms with E-state index < -0.39 is 10.9 Å². The van der Waals surface area contributed by atoms with Crippen molar-refractivity contribution < 1.29 is 19.2 Å². The van der Waals surface area contributed by atoms with Gasteiger partial charge in [-0.2, -0.15) is 0 Å². The van der Waals surface area contributed by atoms with Gasteiger partial charge in [0.25, 0.3) is 5.69 Å². The summed E-state index contributed by atoms with van der Waals surface area (Å²) >= 11 is 12.0. The second kappa shape index (κ2) is 9.21. The van der Waals surface area contributed by atoms with Crippen LogP contribution >= 0.6 is 23.2 Å². The number of rotatable bonds is 6. The first-order valence-corrected chi connectivity index (χ1v) is 10.1. The Bertz CT molecular complexity index is 1270. The molecule has 0 atom stereocenters. The zero-order chi connectivity index (χ0) is 22.7. The topological polar surface area (TPSA) is 91.0 Å². The first-order chi connectivity index (χ1) is 15.4. The molecule has 0 spiro atoms. The van der Waals surface area contributed by atoms with E-state index in [4.69, 9.17) is 32.7 Å². The van der Waals surface area contributed by atoms with Gasteiger partial charge in [0.1, 0.15) is 12.4 Å². The second-order valence-electron chi connectivity index (χ2n) is 6.74. The largest absolute Gasteiger partial charge is 0.489 e. The minimum atomic E-state index is -0.685. The average molecular weight is 469 g/mol. The summed E-state index contributed by atoms with van der Waals surface area (Å²) < 4.78 is 11.0. The molecular weight excluding hydrogens is 455 g/mol. The van der Waals surface area contributed by atoms with Crippen LogP contribution in [0.15, 0.2) is 77.4 Å². The molecule has 0 saturated heterocycles. The summed E-state index contributed by atoms with van der Waals surface area (Å²) in [5.41, 5.74) is 1.64. The monoisotopic (exact) mass is 468 g/mol. The maximum absolute atomic E-state index is 12.3. The van der Waals surface area contributed by atoms with Gasteiger partial charge in [-0.3, -0.25) is 10.1 Å². The molecule has 0 bridgehead atoms. The number of nitrogens with zero attached hydrogens (tertiary/aromatic N) is 2. The summed E-state index contributed by atoms with van der Waals surface area (Å²) in [6.07, 6.45) is 1.54. The van der Waals surface area contributed by atoms with E-state index in [0.29, 0.717) is 22.9 Å². The van der Waals surface area contributed by atoms with Crippen molar-refractivity contribution in [1.29, 1.82) is 0 Å². The van der Waals surface area contributed by atoms with E-state index in [2.05, 4.69) is 4.99 Å². The number of cyclic esters (lactones) is 1. The molecule has 3 aromatic carbocycles. The minimum absolute atomic E-state index is 0.0393. The normalized spacial score (nSPS) is 14.2. The minimum Gasteiger partial charge on any atom is -0.489 e. The van der Waals surface area contributed by atoms with Gasteiger partial charge in [0.15, 0.2) is 5.70 Å². The number of hydrogen-bond donors (Lipinski definition) is 0. The van der Waals surface area contributed by atoms with Crippen LogP contribution in [-0.2, 0) is 16.1 Å². The second-order valence-corrected chi connectivity index (χ2v) is 7.59. The van der Waals surface area contributed by atoms with Gasteiger partial charge in [-0.05, 0) is 47.5 Å². The van der Waals surface area contributed by atoms with Gasteiger partial charge in [-0.15, -0.1) is 0 Å². The van der Waals surface area contributed by atoms with Crippen molar-refractivity contribution in [2.45, 2.75) is 6.61 Å². The molecule has 0 aliphatic carbocycles. The van der Waals surface area contributed by atoms with Gasteiger partial charge in [0.05, 0.1) is 15.5 Å². The zero-order valence-electron chi connectivity index (χ0n) is 16.3. The number of non-ortho nitro benzene ring substituents is 1.